The average Bonchev–Trinajstić information content (AvgIpc) is 2.40. The summed E-state index contributed by atoms with van der Waals surface area (Å²) in [5, 5.41) is 3.40. The molecule has 1 aliphatic rings. The van der Waals surface area contributed by atoms with Crippen molar-refractivity contribution in [2.75, 3.05) is 26.4 Å². The van der Waals surface area contributed by atoms with Crippen LogP contribution in [0.2, 0.25) is 0 Å². The SMILES string of the molecule is CN(C)S(=O)(=O)CCNC1CCCC(C)(C)CC1. The van der Waals surface area contributed by atoms with Gasteiger partial charge in [0.05, 0.1) is 5.75 Å². The van der Waals surface area contributed by atoms with Crippen molar-refractivity contribution in [1.82, 2.24) is 9.62 Å². The topological polar surface area (TPSA) is 49.4 Å². The zero-order valence-electron chi connectivity index (χ0n) is 12.2. The number of sulfonamides is 1. The fraction of sp³-hybridized carbons (Fsp3) is 1.00. The van der Waals surface area contributed by atoms with E-state index < -0.39 is 10.0 Å². The van der Waals surface area contributed by atoms with Gasteiger partial charge >= 0.3 is 0 Å². The van der Waals surface area contributed by atoms with Crippen molar-refractivity contribution in [1.29, 1.82) is 0 Å². The molecule has 0 aromatic heterocycles. The third kappa shape index (κ3) is 5.24. The van der Waals surface area contributed by atoms with Gasteiger partial charge in [0.2, 0.25) is 10.0 Å². The Kier molecular flexibility index (Phi) is 5.62. The van der Waals surface area contributed by atoms with Gasteiger partial charge in [-0.2, -0.15) is 0 Å². The fourth-order valence-corrected chi connectivity index (χ4v) is 3.18. The van der Waals surface area contributed by atoms with Gasteiger partial charge in [0.25, 0.3) is 0 Å². The molecule has 0 radical (unpaired) electrons. The summed E-state index contributed by atoms with van der Waals surface area (Å²) in [5.74, 6) is 0.194. The van der Waals surface area contributed by atoms with E-state index in [2.05, 4.69) is 19.2 Å². The first-order valence-electron chi connectivity index (χ1n) is 6.86. The molecule has 0 bridgehead atoms. The van der Waals surface area contributed by atoms with E-state index in [1.807, 2.05) is 0 Å². The van der Waals surface area contributed by atoms with E-state index in [0.717, 1.165) is 6.42 Å². The van der Waals surface area contributed by atoms with Crippen LogP contribution >= 0.6 is 0 Å². The molecule has 1 atom stereocenters. The smallest absolute Gasteiger partial charge is 0.214 e. The van der Waals surface area contributed by atoms with Crippen LogP contribution in [0.1, 0.15) is 46.0 Å². The molecule has 18 heavy (non-hydrogen) atoms. The monoisotopic (exact) mass is 276 g/mol. The van der Waals surface area contributed by atoms with E-state index in [4.69, 9.17) is 0 Å². The maximum absolute atomic E-state index is 11.6. The molecule has 0 aromatic carbocycles. The van der Waals surface area contributed by atoms with Crippen LogP contribution in [0.5, 0.6) is 0 Å². The van der Waals surface area contributed by atoms with Crippen molar-refractivity contribution in [3.05, 3.63) is 0 Å². The molecule has 0 aromatic rings. The summed E-state index contributed by atoms with van der Waals surface area (Å²) in [4.78, 5) is 0. The second kappa shape index (κ2) is 6.35. The Labute approximate surface area is 112 Å². The highest BCUT2D eigenvalue weighted by Crippen LogP contribution is 2.33. The van der Waals surface area contributed by atoms with Crippen LogP contribution in [0.15, 0.2) is 0 Å². The lowest BCUT2D eigenvalue weighted by atomic mass is 9.85. The summed E-state index contributed by atoms with van der Waals surface area (Å²) in [5.41, 5.74) is 0.451. The zero-order chi connectivity index (χ0) is 13.8. The Hall–Kier alpha value is -0.130. The first-order chi connectivity index (χ1) is 8.23. The van der Waals surface area contributed by atoms with E-state index in [1.54, 1.807) is 14.1 Å². The van der Waals surface area contributed by atoms with Crippen LogP contribution < -0.4 is 5.32 Å². The van der Waals surface area contributed by atoms with Crippen molar-refractivity contribution in [3.8, 4) is 0 Å². The van der Waals surface area contributed by atoms with Gasteiger partial charge in [-0.15, -0.1) is 0 Å². The summed E-state index contributed by atoms with van der Waals surface area (Å²) >= 11 is 0. The van der Waals surface area contributed by atoms with E-state index in [1.165, 1.54) is 30.0 Å². The van der Waals surface area contributed by atoms with E-state index >= 15 is 0 Å². The second-order valence-corrected chi connectivity index (χ2v) is 8.65. The van der Waals surface area contributed by atoms with Crippen molar-refractivity contribution in [2.24, 2.45) is 5.41 Å². The highest BCUT2D eigenvalue weighted by Gasteiger charge is 2.24. The van der Waals surface area contributed by atoms with Crippen LogP contribution in [-0.4, -0.2) is 45.2 Å². The predicted octanol–water partition coefficient (Wildman–Crippen LogP) is 1.83. The molecule has 0 aliphatic heterocycles. The molecule has 0 amide bonds. The Morgan fingerprint density at radius 2 is 1.89 bits per heavy atom. The second-order valence-electron chi connectivity index (χ2n) is 6.34. The van der Waals surface area contributed by atoms with Crippen molar-refractivity contribution < 1.29 is 8.42 Å². The summed E-state index contributed by atoms with van der Waals surface area (Å²) in [6.45, 7) is 5.21. The molecule has 1 rings (SSSR count). The van der Waals surface area contributed by atoms with Crippen molar-refractivity contribution in [2.45, 2.75) is 52.0 Å². The fourth-order valence-electron chi connectivity index (χ4n) is 2.44. The Balaban J connectivity index is 2.32. The van der Waals surface area contributed by atoms with Gasteiger partial charge in [0, 0.05) is 26.7 Å². The molecule has 1 N–H and O–H groups in total. The van der Waals surface area contributed by atoms with Gasteiger partial charge < -0.3 is 5.32 Å². The van der Waals surface area contributed by atoms with Crippen molar-refractivity contribution >= 4 is 10.0 Å². The minimum Gasteiger partial charge on any atom is -0.313 e. The van der Waals surface area contributed by atoms with E-state index in [9.17, 15) is 8.42 Å². The maximum atomic E-state index is 11.6. The quantitative estimate of drug-likeness (QED) is 0.779. The van der Waals surface area contributed by atoms with Gasteiger partial charge in [-0.25, -0.2) is 12.7 Å². The molecule has 4 nitrogen and oxygen atoms in total. The average molecular weight is 276 g/mol. The van der Waals surface area contributed by atoms with Gasteiger partial charge in [-0.3, -0.25) is 0 Å². The molecule has 0 heterocycles. The molecule has 1 aliphatic carbocycles. The summed E-state index contributed by atoms with van der Waals surface area (Å²) in [6, 6.07) is 0.490. The lowest BCUT2D eigenvalue weighted by molar-refractivity contribution is 0.310. The van der Waals surface area contributed by atoms with E-state index in [0.29, 0.717) is 18.0 Å². The number of nitrogens with one attached hydrogen (secondary N) is 1. The highest BCUT2D eigenvalue weighted by molar-refractivity contribution is 7.89. The number of hydrogen-bond acceptors (Lipinski definition) is 3. The van der Waals surface area contributed by atoms with Crippen LogP contribution in [0.3, 0.4) is 0 Å². The third-order valence-electron chi connectivity index (χ3n) is 3.93. The largest absolute Gasteiger partial charge is 0.313 e. The molecule has 1 saturated carbocycles. The Morgan fingerprint density at radius 3 is 2.50 bits per heavy atom. The number of nitrogens with zero attached hydrogens (tertiary/aromatic N) is 1. The van der Waals surface area contributed by atoms with Crippen LogP contribution in [0.4, 0.5) is 0 Å². The molecule has 0 saturated heterocycles. The van der Waals surface area contributed by atoms with E-state index in [-0.39, 0.29) is 5.75 Å². The first-order valence-corrected chi connectivity index (χ1v) is 8.47. The standard InChI is InChI=1S/C13H28N2O2S/c1-13(2)8-5-6-12(7-9-13)14-10-11-18(16,17)15(3)4/h12,14H,5-11H2,1-4H3. The molecule has 1 unspecified atom stereocenters. The lowest BCUT2D eigenvalue weighted by Crippen LogP contribution is -2.36. The van der Waals surface area contributed by atoms with Crippen LogP contribution in [-0.2, 0) is 10.0 Å². The summed E-state index contributed by atoms with van der Waals surface area (Å²) in [7, 11) is 0.113. The molecule has 0 spiro atoms. The summed E-state index contributed by atoms with van der Waals surface area (Å²) in [6.07, 6.45) is 6.08. The minimum absolute atomic E-state index is 0.194. The Morgan fingerprint density at radius 1 is 1.22 bits per heavy atom. The molecule has 5 heteroatoms. The predicted molar refractivity (Wildman–Crippen MR) is 76.1 cm³/mol. The Bertz CT molecular complexity index is 350. The normalized spacial score (nSPS) is 25.1. The lowest BCUT2D eigenvalue weighted by Gasteiger charge is -2.22. The minimum atomic E-state index is -3.06. The maximum Gasteiger partial charge on any atom is 0.214 e. The highest BCUT2D eigenvalue weighted by atomic mass is 32.2. The third-order valence-corrected chi connectivity index (χ3v) is 5.76. The van der Waals surface area contributed by atoms with Crippen LogP contribution in [0.25, 0.3) is 0 Å². The van der Waals surface area contributed by atoms with Gasteiger partial charge in [-0.05, 0) is 31.1 Å². The number of rotatable bonds is 5. The van der Waals surface area contributed by atoms with Crippen LogP contribution in [0, 0.1) is 5.41 Å². The molecule has 1 fully saturated rings. The first kappa shape index (κ1) is 15.9. The van der Waals surface area contributed by atoms with Gasteiger partial charge in [0.1, 0.15) is 0 Å². The number of hydrogen-bond donors (Lipinski definition) is 1. The van der Waals surface area contributed by atoms with Gasteiger partial charge in [0.15, 0.2) is 0 Å². The zero-order valence-corrected chi connectivity index (χ0v) is 13.0. The molecular weight excluding hydrogens is 248 g/mol. The van der Waals surface area contributed by atoms with Crippen molar-refractivity contribution in [3.63, 3.8) is 0 Å². The summed E-state index contributed by atoms with van der Waals surface area (Å²) < 4.78 is 24.6. The molecule has 108 valence electrons. The molecular formula is C13H28N2O2S. The van der Waals surface area contributed by atoms with Gasteiger partial charge in [-0.1, -0.05) is 20.3 Å².